The number of hydrogen-bond donors (Lipinski definition) is 3. The topological polar surface area (TPSA) is 70.6 Å². The first-order chi connectivity index (χ1) is 10.0. The largest absolute Gasteiger partial charge is 0.491 e. The molecule has 1 aromatic rings. The molecule has 2 unspecified atom stereocenters. The van der Waals surface area contributed by atoms with Gasteiger partial charge in [0.25, 0.3) is 0 Å². The SMILES string of the molecule is Cc1cccc(OCC(C)NC(=O)NCC(C)CCO)c1. The van der Waals surface area contributed by atoms with Gasteiger partial charge in [0, 0.05) is 13.2 Å². The van der Waals surface area contributed by atoms with Crippen molar-refractivity contribution in [3.63, 3.8) is 0 Å². The van der Waals surface area contributed by atoms with Gasteiger partial charge in [0.2, 0.25) is 0 Å². The van der Waals surface area contributed by atoms with Gasteiger partial charge in [-0.1, -0.05) is 19.1 Å². The maximum absolute atomic E-state index is 11.7. The lowest BCUT2D eigenvalue weighted by Crippen LogP contribution is -2.44. The molecule has 1 aromatic carbocycles. The van der Waals surface area contributed by atoms with Crippen LogP contribution in [-0.2, 0) is 0 Å². The molecule has 2 amide bonds. The summed E-state index contributed by atoms with van der Waals surface area (Å²) in [6, 6.07) is 7.52. The molecule has 0 spiro atoms. The number of ether oxygens (including phenoxy) is 1. The van der Waals surface area contributed by atoms with E-state index in [4.69, 9.17) is 9.84 Å². The lowest BCUT2D eigenvalue weighted by atomic mass is 10.1. The molecule has 0 aliphatic carbocycles. The summed E-state index contributed by atoms with van der Waals surface area (Å²) in [6.07, 6.45) is 0.687. The summed E-state index contributed by atoms with van der Waals surface area (Å²) in [5.74, 6) is 1.07. The third kappa shape index (κ3) is 7.56. The highest BCUT2D eigenvalue weighted by Gasteiger charge is 2.09. The van der Waals surface area contributed by atoms with Crippen LogP contribution in [0.2, 0.25) is 0 Å². The van der Waals surface area contributed by atoms with E-state index in [2.05, 4.69) is 10.6 Å². The second-order valence-corrected chi connectivity index (χ2v) is 5.50. The van der Waals surface area contributed by atoms with E-state index in [-0.39, 0.29) is 24.6 Å². The van der Waals surface area contributed by atoms with Crippen LogP contribution in [0.1, 0.15) is 25.8 Å². The van der Waals surface area contributed by atoms with Gasteiger partial charge < -0.3 is 20.5 Å². The van der Waals surface area contributed by atoms with Gasteiger partial charge in [0.15, 0.2) is 0 Å². The first-order valence-corrected chi connectivity index (χ1v) is 7.36. The van der Waals surface area contributed by atoms with Crippen molar-refractivity contribution in [3.8, 4) is 5.75 Å². The predicted octanol–water partition coefficient (Wildman–Crippen LogP) is 2.08. The van der Waals surface area contributed by atoms with Crippen molar-refractivity contribution in [1.82, 2.24) is 10.6 Å². The van der Waals surface area contributed by atoms with Crippen LogP contribution in [0, 0.1) is 12.8 Å². The lowest BCUT2D eigenvalue weighted by Gasteiger charge is -2.17. The molecule has 5 nitrogen and oxygen atoms in total. The zero-order valence-electron chi connectivity index (χ0n) is 13.1. The number of benzene rings is 1. The minimum absolute atomic E-state index is 0.0846. The molecule has 0 saturated heterocycles. The van der Waals surface area contributed by atoms with Crippen LogP contribution in [0.25, 0.3) is 0 Å². The van der Waals surface area contributed by atoms with E-state index in [9.17, 15) is 4.79 Å². The number of aryl methyl sites for hydroxylation is 1. The van der Waals surface area contributed by atoms with Crippen molar-refractivity contribution in [2.45, 2.75) is 33.2 Å². The third-order valence-electron chi connectivity index (χ3n) is 3.10. The molecule has 0 aliphatic rings. The van der Waals surface area contributed by atoms with Gasteiger partial charge >= 0.3 is 6.03 Å². The fourth-order valence-corrected chi connectivity index (χ4v) is 1.83. The van der Waals surface area contributed by atoms with E-state index in [0.29, 0.717) is 19.6 Å². The molecule has 0 aromatic heterocycles. The molecule has 0 saturated carbocycles. The van der Waals surface area contributed by atoms with Crippen LogP contribution in [0.3, 0.4) is 0 Å². The smallest absolute Gasteiger partial charge is 0.315 e. The number of nitrogens with one attached hydrogen (secondary N) is 2. The Morgan fingerprint density at radius 3 is 2.81 bits per heavy atom. The Balaban J connectivity index is 2.23. The average Bonchev–Trinajstić information content (AvgIpc) is 2.43. The highest BCUT2D eigenvalue weighted by atomic mass is 16.5. The van der Waals surface area contributed by atoms with E-state index in [0.717, 1.165) is 11.3 Å². The summed E-state index contributed by atoms with van der Waals surface area (Å²) >= 11 is 0. The fourth-order valence-electron chi connectivity index (χ4n) is 1.83. The molecular formula is C16H26N2O3. The van der Waals surface area contributed by atoms with Crippen molar-refractivity contribution in [3.05, 3.63) is 29.8 Å². The number of aliphatic hydroxyl groups is 1. The number of carbonyl (C=O) groups is 1. The Morgan fingerprint density at radius 2 is 2.14 bits per heavy atom. The van der Waals surface area contributed by atoms with Crippen LogP contribution in [0.5, 0.6) is 5.75 Å². The summed E-state index contributed by atoms with van der Waals surface area (Å²) in [4.78, 5) is 11.7. The van der Waals surface area contributed by atoms with Gasteiger partial charge in [-0.2, -0.15) is 0 Å². The van der Waals surface area contributed by atoms with Gasteiger partial charge in [-0.25, -0.2) is 4.79 Å². The quantitative estimate of drug-likeness (QED) is 0.687. The number of carbonyl (C=O) groups excluding carboxylic acids is 1. The number of aliphatic hydroxyl groups excluding tert-OH is 1. The average molecular weight is 294 g/mol. The maximum Gasteiger partial charge on any atom is 0.315 e. The summed E-state index contributed by atoms with van der Waals surface area (Å²) in [5, 5.41) is 14.4. The molecule has 0 radical (unpaired) electrons. The van der Waals surface area contributed by atoms with Crippen molar-refractivity contribution < 1.29 is 14.6 Å². The van der Waals surface area contributed by atoms with Gasteiger partial charge in [-0.05, 0) is 43.9 Å². The fraction of sp³-hybridized carbons (Fsp3) is 0.562. The lowest BCUT2D eigenvalue weighted by molar-refractivity contribution is 0.222. The highest BCUT2D eigenvalue weighted by Crippen LogP contribution is 2.12. The molecule has 0 heterocycles. The summed E-state index contributed by atoms with van der Waals surface area (Å²) in [5.41, 5.74) is 1.14. The Labute approximate surface area is 126 Å². The molecule has 3 N–H and O–H groups in total. The van der Waals surface area contributed by atoms with Crippen molar-refractivity contribution in [2.24, 2.45) is 5.92 Å². The molecule has 0 fully saturated rings. The maximum atomic E-state index is 11.7. The molecule has 21 heavy (non-hydrogen) atoms. The monoisotopic (exact) mass is 294 g/mol. The van der Waals surface area contributed by atoms with E-state index in [1.165, 1.54) is 0 Å². The molecular weight excluding hydrogens is 268 g/mol. The molecule has 1 rings (SSSR count). The van der Waals surface area contributed by atoms with Crippen molar-refractivity contribution in [2.75, 3.05) is 19.8 Å². The van der Waals surface area contributed by atoms with Gasteiger partial charge in [-0.15, -0.1) is 0 Å². The molecule has 0 bridgehead atoms. The predicted molar refractivity (Wildman–Crippen MR) is 83.5 cm³/mol. The zero-order valence-corrected chi connectivity index (χ0v) is 13.1. The number of urea groups is 1. The van der Waals surface area contributed by atoms with Crippen molar-refractivity contribution >= 4 is 6.03 Å². The first kappa shape index (κ1) is 17.3. The molecule has 5 heteroatoms. The second-order valence-electron chi connectivity index (χ2n) is 5.50. The first-order valence-electron chi connectivity index (χ1n) is 7.36. The van der Waals surface area contributed by atoms with E-state index in [1.54, 1.807) is 0 Å². The second kappa shape index (κ2) is 9.23. The van der Waals surface area contributed by atoms with Crippen molar-refractivity contribution in [1.29, 1.82) is 0 Å². The number of amides is 2. The molecule has 0 aliphatic heterocycles. The summed E-state index contributed by atoms with van der Waals surface area (Å²) in [7, 11) is 0. The Hall–Kier alpha value is -1.75. The standard InChI is InChI=1S/C16H26N2O3/c1-12-5-4-6-15(9-12)21-11-14(3)18-16(20)17-10-13(2)7-8-19/h4-6,9,13-14,19H,7-8,10-11H2,1-3H3,(H2,17,18,20). The normalized spacial score (nSPS) is 13.3. The molecule has 2 atom stereocenters. The third-order valence-corrected chi connectivity index (χ3v) is 3.10. The zero-order chi connectivity index (χ0) is 15.7. The Kier molecular flexibility index (Phi) is 7.61. The van der Waals surface area contributed by atoms with Crippen LogP contribution in [-0.4, -0.2) is 36.9 Å². The highest BCUT2D eigenvalue weighted by molar-refractivity contribution is 5.74. The van der Waals surface area contributed by atoms with Crippen LogP contribution in [0.4, 0.5) is 4.79 Å². The van der Waals surface area contributed by atoms with Gasteiger partial charge in [-0.3, -0.25) is 0 Å². The molecule has 118 valence electrons. The van der Waals surface area contributed by atoms with E-state index >= 15 is 0 Å². The van der Waals surface area contributed by atoms with Crippen LogP contribution < -0.4 is 15.4 Å². The Bertz CT molecular complexity index is 437. The number of hydrogen-bond acceptors (Lipinski definition) is 3. The minimum Gasteiger partial charge on any atom is -0.491 e. The van der Waals surface area contributed by atoms with Crippen LogP contribution in [0.15, 0.2) is 24.3 Å². The minimum atomic E-state index is -0.208. The van der Waals surface area contributed by atoms with Crippen LogP contribution >= 0.6 is 0 Å². The van der Waals surface area contributed by atoms with Gasteiger partial charge in [0.05, 0.1) is 6.04 Å². The number of rotatable bonds is 8. The summed E-state index contributed by atoms with van der Waals surface area (Å²) < 4.78 is 5.64. The summed E-state index contributed by atoms with van der Waals surface area (Å²) in [6.45, 7) is 7.01. The Morgan fingerprint density at radius 1 is 1.38 bits per heavy atom. The van der Waals surface area contributed by atoms with E-state index < -0.39 is 0 Å². The van der Waals surface area contributed by atoms with Gasteiger partial charge in [0.1, 0.15) is 12.4 Å². The van der Waals surface area contributed by atoms with E-state index in [1.807, 2.05) is 45.0 Å².